The van der Waals surface area contributed by atoms with Crippen molar-refractivity contribution in [3.05, 3.63) is 48.0 Å². The molecule has 0 aliphatic rings. The van der Waals surface area contributed by atoms with Crippen molar-refractivity contribution in [1.82, 2.24) is 0 Å². The fourth-order valence-corrected chi connectivity index (χ4v) is 3.11. The standard InChI is InChI=1S/C18H22N2O5S/c1-13-5-6-14(12-17(13)26(19,22)23)20-18(21)4-3-11-25-16-9-7-15(24-2)8-10-16/h5-10,12H,3-4,11H2,1-2H3,(H,20,21)(H2,19,22,23). The monoisotopic (exact) mass is 378 g/mol. The lowest BCUT2D eigenvalue weighted by Crippen LogP contribution is -2.16. The molecule has 2 aromatic carbocycles. The van der Waals surface area contributed by atoms with Gasteiger partial charge in [0, 0.05) is 12.1 Å². The molecule has 0 aliphatic carbocycles. The summed E-state index contributed by atoms with van der Waals surface area (Å²) in [6.07, 6.45) is 0.764. The van der Waals surface area contributed by atoms with Crippen LogP contribution in [0.15, 0.2) is 47.4 Å². The van der Waals surface area contributed by atoms with Crippen LogP contribution < -0.4 is 19.9 Å². The molecule has 0 saturated heterocycles. The zero-order valence-corrected chi connectivity index (χ0v) is 15.5. The minimum absolute atomic E-state index is 0.00172. The molecule has 0 fully saturated rings. The van der Waals surface area contributed by atoms with Crippen molar-refractivity contribution in [1.29, 1.82) is 0 Å². The third-order valence-corrected chi connectivity index (χ3v) is 4.71. The Bertz CT molecular complexity index is 864. The molecule has 8 heteroatoms. The quantitative estimate of drug-likeness (QED) is 0.686. The molecule has 2 aromatic rings. The second-order valence-electron chi connectivity index (χ2n) is 5.70. The molecule has 0 heterocycles. The third kappa shape index (κ3) is 5.75. The number of primary sulfonamides is 1. The van der Waals surface area contributed by atoms with E-state index in [-0.39, 0.29) is 17.2 Å². The van der Waals surface area contributed by atoms with E-state index in [1.807, 2.05) is 0 Å². The van der Waals surface area contributed by atoms with Crippen molar-refractivity contribution in [2.45, 2.75) is 24.7 Å². The molecule has 140 valence electrons. The lowest BCUT2D eigenvalue weighted by atomic mass is 10.2. The number of sulfonamides is 1. The molecule has 1 amide bonds. The van der Waals surface area contributed by atoms with Gasteiger partial charge in [-0.2, -0.15) is 0 Å². The Morgan fingerprint density at radius 3 is 2.38 bits per heavy atom. The van der Waals surface area contributed by atoms with Gasteiger partial charge in [-0.1, -0.05) is 6.07 Å². The minimum Gasteiger partial charge on any atom is -0.497 e. The highest BCUT2D eigenvalue weighted by molar-refractivity contribution is 7.89. The molecule has 0 atom stereocenters. The number of nitrogens with one attached hydrogen (secondary N) is 1. The van der Waals surface area contributed by atoms with Crippen molar-refractivity contribution in [2.24, 2.45) is 5.14 Å². The van der Waals surface area contributed by atoms with Gasteiger partial charge in [-0.3, -0.25) is 4.79 Å². The van der Waals surface area contributed by atoms with E-state index < -0.39 is 10.0 Å². The zero-order chi connectivity index (χ0) is 19.2. The van der Waals surface area contributed by atoms with E-state index in [1.165, 1.54) is 6.07 Å². The van der Waals surface area contributed by atoms with Gasteiger partial charge in [0.25, 0.3) is 0 Å². The minimum atomic E-state index is -3.83. The predicted molar refractivity (Wildman–Crippen MR) is 98.9 cm³/mol. The van der Waals surface area contributed by atoms with Gasteiger partial charge in [0.1, 0.15) is 11.5 Å². The Morgan fingerprint density at radius 1 is 1.12 bits per heavy atom. The van der Waals surface area contributed by atoms with Crippen LogP contribution in [0.3, 0.4) is 0 Å². The maximum atomic E-state index is 12.0. The van der Waals surface area contributed by atoms with E-state index in [0.29, 0.717) is 30.0 Å². The van der Waals surface area contributed by atoms with Gasteiger partial charge in [-0.25, -0.2) is 13.6 Å². The van der Waals surface area contributed by atoms with Gasteiger partial charge in [0.2, 0.25) is 15.9 Å². The highest BCUT2D eigenvalue weighted by Gasteiger charge is 2.13. The Labute approximate surface area is 153 Å². The summed E-state index contributed by atoms with van der Waals surface area (Å²) in [6.45, 7) is 2.03. The number of rotatable bonds is 8. The molecule has 0 unspecified atom stereocenters. The van der Waals surface area contributed by atoms with Crippen LogP contribution in [0, 0.1) is 6.92 Å². The highest BCUT2D eigenvalue weighted by atomic mass is 32.2. The summed E-state index contributed by atoms with van der Waals surface area (Å²) < 4.78 is 33.7. The van der Waals surface area contributed by atoms with E-state index >= 15 is 0 Å². The third-order valence-electron chi connectivity index (χ3n) is 3.65. The molecular weight excluding hydrogens is 356 g/mol. The maximum Gasteiger partial charge on any atom is 0.238 e. The number of anilines is 1. The first-order chi connectivity index (χ1) is 12.3. The van der Waals surface area contributed by atoms with E-state index in [0.717, 1.165) is 5.75 Å². The number of aryl methyl sites for hydroxylation is 1. The molecule has 26 heavy (non-hydrogen) atoms. The Morgan fingerprint density at radius 2 is 1.77 bits per heavy atom. The van der Waals surface area contributed by atoms with Crippen molar-refractivity contribution in [3.8, 4) is 11.5 Å². The molecule has 0 spiro atoms. The number of ether oxygens (including phenoxy) is 2. The molecule has 0 saturated carbocycles. The molecule has 2 rings (SSSR count). The van der Waals surface area contributed by atoms with Crippen molar-refractivity contribution in [2.75, 3.05) is 19.0 Å². The topological polar surface area (TPSA) is 108 Å². The molecule has 0 bridgehead atoms. The summed E-state index contributed by atoms with van der Waals surface area (Å²) in [5.41, 5.74) is 0.916. The molecule has 7 nitrogen and oxygen atoms in total. The number of amides is 1. The molecule has 0 aliphatic heterocycles. The van der Waals surface area contributed by atoms with Crippen molar-refractivity contribution >= 4 is 21.6 Å². The number of benzene rings is 2. The van der Waals surface area contributed by atoms with Crippen molar-refractivity contribution in [3.63, 3.8) is 0 Å². The summed E-state index contributed by atoms with van der Waals surface area (Å²) >= 11 is 0. The summed E-state index contributed by atoms with van der Waals surface area (Å²) in [5.74, 6) is 1.21. The Hall–Kier alpha value is -2.58. The average molecular weight is 378 g/mol. The van der Waals surface area contributed by atoms with Crippen LogP contribution in [0.1, 0.15) is 18.4 Å². The van der Waals surface area contributed by atoms with Crippen LogP contribution in [0.5, 0.6) is 11.5 Å². The maximum absolute atomic E-state index is 12.0. The van der Waals surface area contributed by atoms with Crippen LogP contribution in [-0.4, -0.2) is 28.0 Å². The van der Waals surface area contributed by atoms with Crippen molar-refractivity contribution < 1.29 is 22.7 Å². The van der Waals surface area contributed by atoms with Crippen LogP contribution >= 0.6 is 0 Å². The predicted octanol–water partition coefficient (Wildman–Crippen LogP) is 2.45. The lowest BCUT2D eigenvalue weighted by molar-refractivity contribution is -0.116. The molecule has 0 aromatic heterocycles. The average Bonchev–Trinajstić information content (AvgIpc) is 2.60. The van der Waals surface area contributed by atoms with E-state index in [1.54, 1.807) is 50.4 Å². The zero-order valence-electron chi connectivity index (χ0n) is 14.7. The largest absolute Gasteiger partial charge is 0.497 e. The number of methoxy groups -OCH3 is 1. The fourth-order valence-electron chi connectivity index (χ4n) is 2.30. The van der Waals surface area contributed by atoms with Crippen LogP contribution in [0.25, 0.3) is 0 Å². The number of carbonyl (C=O) groups is 1. The summed E-state index contributed by atoms with van der Waals surface area (Å²) in [5, 5.41) is 7.83. The van der Waals surface area contributed by atoms with Gasteiger partial charge >= 0.3 is 0 Å². The second kappa shape index (κ2) is 8.68. The fraction of sp³-hybridized carbons (Fsp3) is 0.278. The van der Waals surface area contributed by atoms with Crippen LogP contribution in [0.4, 0.5) is 5.69 Å². The number of carbonyl (C=O) groups excluding carboxylic acids is 1. The van der Waals surface area contributed by atoms with Crippen LogP contribution in [0.2, 0.25) is 0 Å². The first kappa shape index (κ1) is 19.7. The van der Waals surface area contributed by atoms with Gasteiger partial charge in [0.05, 0.1) is 18.6 Å². The summed E-state index contributed by atoms with van der Waals surface area (Å²) in [6, 6.07) is 11.8. The van der Waals surface area contributed by atoms with Crippen LogP contribution in [-0.2, 0) is 14.8 Å². The SMILES string of the molecule is COc1ccc(OCCCC(=O)Nc2ccc(C)c(S(N)(=O)=O)c2)cc1. The van der Waals surface area contributed by atoms with E-state index in [4.69, 9.17) is 14.6 Å². The first-order valence-electron chi connectivity index (χ1n) is 8.00. The van der Waals surface area contributed by atoms with Gasteiger partial charge in [0.15, 0.2) is 0 Å². The Kier molecular flexibility index (Phi) is 6.59. The number of hydrogen-bond donors (Lipinski definition) is 2. The summed E-state index contributed by atoms with van der Waals surface area (Å²) in [7, 11) is -2.24. The normalized spacial score (nSPS) is 11.0. The lowest BCUT2D eigenvalue weighted by Gasteiger charge is -2.10. The van der Waals surface area contributed by atoms with E-state index in [2.05, 4.69) is 5.32 Å². The highest BCUT2D eigenvalue weighted by Crippen LogP contribution is 2.20. The molecule has 0 radical (unpaired) electrons. The Balaban J connectivity index is 1.81. The second-order valence-corrected chi connectivity index (χ2v) is 7.23. The van der Waals surface area contributed by atoms with Gasteiger partial charge < -0.3 is 14.8 Å². The molecular formula is C18H22N2O5S. The van der Waals surface area contributed by atoms with E-state index in [9.17, 15) is 13.2 Å². The smallest absolute Gasteiger partial charge is 0.238 e. The number of hydrogen-bond acceptors (Lipinski definition) is 5. The first-order valence-corrected chi connectivity index (χ1v) is 9.54. The number of nitrogens with two attached hydrogens (primary N) is 1. The van der Waals surface area contributed by atoms with Gasteiger partial charge in [-0.05, 0) is 55.3 Å². The van der Waals surface area contributed by atoms with Gasteiger partial charge in [-0.15, -0.1) is 0 Å². The summed E-state index contributed by atoms with van der Waals surface area (Å²) in [4.78, 5) is 12.0. The molecule has 3 N–H and O–H groups in total.